The summed E-state index contributed by atoms with van der Waals surface area (Å²) >= 11 is 11.4. The molecule has 1 N–H and O–H groups in total. The highest BCUT2D eigenvalue weighted by atomic mass is 35.5. The van der Waals surface area contributed by atoms with E-state index < -0.39 is 0 Å². The molecule has 82 valence electrons. The number of hydrogen-bond donors (Lipinski definition) is 1. The Morgan fingerprint density at radius 3 is 2.73 bits per heavy atom. The Morgan fingerprint density at radius 2 is 2.13 bits per heavy atom. The third kappa shape index (κ3) is 4.10. The van der Waals surface area contributed by atoms with Gasteiger partial charge >= 0.3 is 0 Å². The summed E-state index contributed by atoms with van der Waals surface area (Å²) < 4.78 is 0. The van der Waals surface area contributed by atoms with Gasteiger partial charge in [0, 0.05) is 11.1 Å². The van der Waals surface area contributed by atoms with E-state index in [1.165, 1.54) is 0 Å². The van der Waals surface area contributed by atoms with Crippen molar-refractivity contribution in [3.8, 4) is 0 Å². The lowest BCUT2D eigenvalue weighted by molar-refractivity contribution is -0.119. The molecule has 15 heavy (non-hydrogen) atoms. The first-order valence-electron chi connectivity index (χ1n) is 4.72. The van der Waals surface area contributed by atoms with E-state index >= 15 is 0 Å². The van der Waals surface area contributed by atoms with Crippen molar-refractivity contribution in [1.29, 1.82) is 0 Å². The third-order valence-electron chi connectivity index (χ3n) is 2.01. The lowest BCUT2D eigenvalue weighted by atomic mass is 10.1. The Balaban J connectivity index is 2.55. The summed E-state index contributed by atoms with van der Waals surface area (Å²) in [6, 6.07) is 7.64. The SMILES string of the molecule is CC(Cc1ccccc1Cl)NC(=O)CCl. The molecule has 1 aromatic carbocycles. The van der Waals surface area contributed by atoms with Crippen molar-refractivity contribution >= 4 is 29.1 Å². The molecule has 0 spiro atoms. The summed E-state index contributed by atoms with van der Waals surface area (Å²) in [7, 11) is 0. The first-order chi connectivity index (χ1) is 7.13. The number of carbonyl (C=O) groups excluding carboxylic acids is 1. The fraction of sp³-hybridized carbons (Fsp3) is 0.364. The van der Waals surface area contributed by atoms with Crippen molar-refractivity contribution in [1.82, 2.24) is 5.32 Å². The molecule has 0 aliphatic heterocycles. The maximum atomic E-state index is 11.0. The van der Waals surface area contributed by atoms with Crippen LogP contribution in [0.3, 0.4) is 0 Å². The molecule has 1 aromatic rings. The number of amides is 1. The normalized spacial score (nSPS) is 12.2. The van der Waals surface area contributed by atoms with Gasteiger partial charge in [-0.25, -0.2) is 0 Å². The highest BCUT2D eigenvalue weighted by molar-refractivity contribution is 6.31. The third-order valence-corrected chi connectivity index (χ3v) is 2.62. The minimum Gasteiger partial charge on any atom is -0.352 e. The number of rotatable bonds is 4. The Morgan fingerprint density at radius 1 is 1.47 bits per heavy atom. The summed E-state index contributed by atoms with van der Waals surface area (Å²) in [6.07, 6.45) is 0.711. The van der Waals surface area contributed by atoms with Gasteiger partial charge in [0.25, 0.3) is 0 Å². The first kappa shape index (κ1) is 12.3. The second-order valence-electron chi connectivity index (χ2n) is 3.40. The van der Waals surface area contributed by atoms with E-state index in [1.54, 1.807) is 0 Å². The molecule has 0 saturated heterocycles. The van der Waals surface area contributed by atoms with Crippen LogP contribution in [0.1, 0.15) is 12.5 Å². The van der Waals surface area contributed by atoms with Crippen LogP contribution in [0.5, 0.6) is 0 Å². The van der Waals surface area contributed by atoms with Gasteiger partial charge in [0.2, 0.25) is 5.91 Å². The quantitative estimate of drug-likeness (QED) is 0.813. The van der Waals surface area contributed by atoms with Crippen LogP contribution in [0.25, 0.3) is 0 Å². The zero-order chi connectivity index (χ0) is 11.3. The minimum atomic E-state index is -0.156. The van der Waals surface area contributed by atoms with E-state index in [-0.39, 0.29) is 17.8 Å². The maximum absolute atomic E-state index is 11.0. The van der Waals surface area contributed by atoms with Crippen LogP contribution < -0.4 is 5.32 Å². The number of carbonyl (C=O) groups is 1. The fourth-order valence-electron chi connectivity index (χ4n) is 1.36. The van der Waals surface area contributed by atoms with Gasteiger partial charge in [-0.15, -0.1) is 11.6 Å². The topological polar surface area (TPSA) is 29.1 Å². The van der Waals surface area contributed by atoms with E-state index in [0.29, 0.717) is 6.42 Å². The molecule has 0 heterocycles. The molecule has 0 bridgehead atoms. The van der Waals surface area contributed by atoms with Gasteiger partial charge in [-0.3, -0.25) is 4.79 Å². The van der Waals surface area contributed by atoms with Gasteiger partial charge in [0.05, 0.1) is 0 Å². The lowest BCUT2D eigenvalue weighted by Crippen LogP contribution is -2.34. The second-order valence-corrected chi connectivity index (χ2v) is 4.07. The lowest BCUT2D eigenvalue weighted by Gasteiger charge is -2.13. The summed E-state index contributed by atoms with van der Waals surface area (Å²) in [5.41, 5.74) is 1.03. The van der Waals surface area contributed by atoms with Crippen LogP contribution in [-0.4, -0.2) is 17.8 Å². The van der Waals surface area contributed by atoms with Crippen molar-refractivity contribution in [3.63, 3.8) is 0 Å². The van der Waals surface area contributed by atoms with E-state index in [2.05, 4.69) is 5.32 Å². The molecule has 1 atom stereocenters. The molecule has 0 radical (unpaired) electrons. The van der Waals surface area contributed by atoms with E-state index in [4.69, 9.17) is 23.2 Å². The van der Waals surface area contributed by atoms with Crippen molar-refractivity contribution in [2.45, 2.75) is 19.4 Å². The average molecular weight is 246 g/mol. The smallest absolute Gasteiger partial charge is 0.235 e. The summed E-state index contributed by atoms with van der Waals surface area (Å²) in [4.78, 5) is 11.0. The Labute approximate surface area is 99.6 Å². The van der Waals surface area contributed by atoms with E-state index in [0.717, 1.165) is 10.6 Å². The van der Waals surface area contributed by atoms with Crippen LogP contribution >= 0.6 is 23.2 Å². The molecule has 2 nitrogen and oxygen atoms in total. The number of hydrogen-bond acceptors (Lipinski definition) is 1. The molecule has 1 rings (SSSR count). The summed E-state index contributed by atoms with van der Waals surface area (Å²) in [5, 5.41) is 3.50. The molecular weight excluding hydrogens is 233 g/mol. The molecular formula is C11H13Cl2NO. The Hall–Kier alpha value is -0.730. The molecule has 0 aliphatic rings. The van der Waals surface area contributed by atoms with E-state index in [9.17, 15) is 4.79 Å². The van der Waals surface area contributed by atoms with Crippen molar-refractivity contribution in [2.75, 3.05) is 5.88 Å². The van der Waals surface area contributed by atoms with Gasteiger partial charge in [-0.2, -0.15) is 0 Å². The van der Waals surface area contributed by atoms with Gasteiger partial charge in [0.1, 0.15) is 5.88 Å². The minimum absolute atomic E-state index is 0.00708. The predicted molar refractivity (Wildman–Crippen MR) is 63.5 cm³/mol. The monoisotopic (exact) mass is 245 g/mol. The number of halogens is 2. The second kappa shape index (κ2) is 5.99. The zero-order valence-corrected chi connectivity index (χ0v) is 9.98. The molecule has 4 heteroatoms. The number of alkyl halides is 1. The van der Waals surface area contributed by atoms with Gasteiger partial charge in [0.15, 0.2) is 0 Å². The number of benzene rings is 1. The molecule has 0 fully saturated rings. The number of nitrogens with one attached hydrogen (secondary N) is 1. The van der Waals surface area contributed by atoms with E-state index in [1.807, 2.05) is 31.2 Å². The van der Waals surface area contributed by atoms with Crippen molar-refractivity contribution in [2.24, 2.45) is 0 Å². The predicted octanol–water partition coefficient (Wildman–Crippen LogP) is 2.63. The van der Waals surface area contributed by atoms with Crippen LogP contribution in [0.15, 0.2) is 24.3 Å². The van der Waals surface area contributed by atoms with Gasteiger partial charge < -0.3 is 5.32 Å². The summed E-state index contributed by atoms with van der Waals surface area (Å²) in [5.74, 6) is -0.163. The zero-order valence-electron chi connectivity index (χ0n) is 8.47. The first-order valence-corrected chi connectivity index (χ1v) is 5.63. The summed E-state index contributed by atoms with van der Waals surface area (Å²) in [6.45, 7) is 1.92. The highest BCUT2D eigenvalue weighted by Crippen LogP contribution is 2.16. The van der Waals surface area contributed by atoms with Crippen molar-refractivity contribution < 1.29 is 4.79 Å². The van der Waals surface area contributed by atoms with Crippen LogP contribution in [0, 0.1) is 0 Å². The fourth-order valence-corrected chi connectivity index (χ4v) is 1.65. The Bertz CT molecular complexity index is 341. The van der Waals surface area contributed by atoms with Crippen molar-refractivity contribution in [3.05, 3.63) is 34.9 Å². The maximum Gasteiger partial charge on any atom is 0.235 e. The van der Waals surface area contributed by atoms with Crippen LogP contribution in [0.2, 0.25) is 5.02 Å². The average Bonchev–Trinajstić information content (AvgIpc) is 2.21. The van der Waals surface area contributed by atoms with Gasteiger partial charge in [-0.1, -0.05) is 29.8 Å². The molecule has 0 saturated carbocycles. The highest BCUT2D eigenvalue weighted by Gasteiger charge is 2.08. The molecule has 1 unspecified atom stereocenters. The largest absolute Gasteiger partial charge is 0.352 e. The molecule has 0 aromatic heterocycles. The molecule has 0 aliphatic carbocycles. The van der Waals surface area contributed by atoms with Gasteiger partial charge in [-0.05, 0) is 25.0 Å². The van der Waals surface area contributed by atoms with Crippen LogP contribution in [-0.2, 0) is 11.2 Å². The van der Waals surface area contributed by atoms with Crippen LogP contribution in [0.4, 0.5) is 0 Å². The molecule has 1 amide bonds. The Kier molecular flexibility index (Phi) is 4.92. The standard InChI is InChI=1S/C11H13Cl2NO/c1-8(14-11(15)7-12)6-9-4-2-3-5-10(9)13/h2-5,8H,6-7H2,1H3,(H,14,15).